The second-order valence-electron chi connectivity index (χ2n) is 4.36. The third kappa shape index (κ3) is 2.95. The van der Waals surface area contributed by atoms with E-state index in [4.69, 9.17) is 14.6 Å². The molecule has 1 N–H and O–H groups in total. The Morgan fingerprint density at radius 2 is 2.18 bits per heavy atom. The first-order valence-corrected chi connectivity index (χ1v) is 5.90. The van der Waals surface area contributed by atoms with Gasteiger partial charge in [-0.2, -0.15) is 0 Å². The van der Waals surface area contributed by atoms with Crippen LogP contribution in [0, 0.1) is 0 Å². The molecule has 2 fully saturated rings. The van der Waals surface area contributed by atoms with Crippen LogP contribution in [-0.2, 0) is 19.1 Å². The fourth-order valence-electron chi connectivity index (χ4n) is 2.22. The number of carboxylic acids is 1. The number of carbonyl (C=O) groups excluding carboxylic acids is 1. The second-order valence-corrected chi connectivity index (χ2v) is 4.36. The molecular formula is C11H17NO5. The first-order valence-electron chi connectivity index (χ1n) is 5.90. The van der Waals surface area contributed by atoms with Crippen LogP contribution in [-0.4, -0.2) is 60.4 Å². The normalized spacial score (nSPS) is 29.3. The Morgan fingerprint density at radius 3 is 2.82 bits per heavy atom. The lowest BCUT2D eigenvalue weighted by molar-refractivity contribution is -0.159. The highest BCUT2D eigenvalue weighted by atomic mass is 16.5. The number of aliphatic carboxylic acids is 1. The van der Waals surface area contributed by atoms with Crippen molar-refractivity contribution in [3.63, 3.8) is 0 Å². The van der Waals surface area contributed by atoms with Crippen LogP contribution < -0.4 is 0 Å². The third-order valence-corrected chi connectivity index (χ3v) is 3.16. The highest BCUT2D eigenvalue weighted by Gasteiger charge is 2.34. The zero-order valence-corrected chi connectivity index (χ0v) is 9.63. The van der Waals surface area contributed by atoms with E-state index in [9.17, 15) is 9.59 Å². The smallest absolute Gasteiger partial charge is 0.328 e. The molecule has 2 aliphatic heterocycles. The first-order chi connectivity index (χ1) is 8.18. The minimum absolute atomic E-state index is 0.0419. The van der Waals surface area contributed by atoms with Crippen molar-refractivity contribution in [1.29, 1.82) is 0 Å². The molecule has 2 saturated heterocycles. The van der Waals surface area contributed by atoms with E-state index in [-0.39, 0.29) is 25.0 Å². The summed E-state index contributed by atoms with van der Waals surface area (Å²) in [6, 6.07) is -0.849. The van der Waals surface area contributed by atoms with E-state index in [0.717, 1.165) is 12.8 Å². The van der Waals surface area contributed by atoms with Crippen molar-refractivity contribution in [1.82, 2.24) is 4.90 Å². The van der Waals surface area contributed by atoms with Crippen LogP contribution in [0.25, 0.3) is 0 Å². The number of amides is 1. The van der Waals surface area contributed by atoms with Gasteiger partial charge in [-0.1, -0.05) is 0 Å². The maximum absolute atomic E-state index is 12.0. The van der Waals surface area contributed by atoms with Crippen molar-refractivity contribution >= 4 is 11.9 Å². The standard InChI is InChI=1S/C11H17NO5/c13-10(6-8-2-1-4-17-8)12-3-5-16-7-9(12)11(14)15/h8-9H,1-7H2,(H,14,15)/t8-,9+/m1/s1. The molecule has 96 valence electrons. The molecule has 17 heavy (non-hydrogen) atoms. The maximum atomic E-state index is 12.0. The fourth-order valence-corrected chi connectivity index (χ4v) is 2.22. The number of hydrogen-bond acceptors (Lipinski definition) is 4. The number of morpholine rings is 1. The SMILES string of the molecule is O=C(O)[C@@H]1COCCN1C(=O)C[C@H]1CCCO1. The molecule has 0 unspecified atom stereocenters. The Morgan fingerprint density at radius 1 is 1.35 bits per heavy atom. The molecule has 0 aromatic rings. The van der Waals surface area contributed by atoms with E-state index >= 15 is 0 Å². The molecule has 0 spiro atoms. The second kappa shape index (κ2) is 5.46. The van der Waals surface area contributed by atoms with Crippen molar-refractivity contribution < 1.29 is 24.2 Å². The van der Waals surface area contributed by atoms with Crippen molar-refractivity contribution in [3.05, 3.63) is 0 Å². The summed E-state index contributed by atoms with van der Waals surface area (Å²) in [5.74, 6) is -1.15. The summed E-state index contributed by atoms with van der Waals surface area (Å²) in [6.07, 6.45) is 2.10. The van der Waals surface area contributed by atoms with E-state index in [1.807, 2.05) is 0 Å². The van der Waals surface area contributed by atoms with Gasteiger partial charge >= 0.3 is 5.97 Å². The summed E-state index contributed by atoms with van der Waals surface area (Å²) in [4.78, 5) is 24.4. The van der Waals surface area contributed by atoms with Crippen molar-refractivity contribution in [2.75, 3.05) is 26.4 Å². The van der Waals surface area contributed by atoms with Crippen molar-refractivity contribution in [2.45, 2.75) is 31.4 Å². The largest absolute Gasteiger partial charge is 0.480 e. The highest BCUT2D eigenvalue weighted by molar-refractivity contribution is 5.84. The summed E-state index contributed by atoms with van der Waals surface area (Å²) in [5, 5.41) is 9.01. The van der Waals surface area contributed by atoms with Gasteiger partial charge in [0.25, 0.3) is 0 Å². The van der Waals surface area contributed by atoms with Gasteiger partial charge in [0.05, 0.1) is 25.7 Å². The summed E-state index contributed by atoms with van der Waals surface area (Å²) in [7, 11) is 0. The van der Waals surface area contributed by atoms with E-state index in [2.05, 4.69) is 0 Å². The molecule has 2 heterocycles. The van der Waals surface area contributed by atoms with Crippen LogP contribution in [0.3, 0.4) is 0 Å². The van der Waals surface area contributed by atoms with Gasteiger partial charge in [-0.3, -0.25) is 4.79 Å². The zero-order chi connectivity index (χ0) is 12.3. The van der Waals surface area contributed by atoms with Gasteiger partial charge in [0.2, 0.25) is 5.91 Å². The molecule has 0 bridgehead atoms. The van der Waals surface area contributed by atoms with Crippen LogP contribution in [0.4, 0.5) is 0 Å². The molecule has 0 aromatic heterocycles. The predicted octanol–water partition coefficient (Wildman–Crippen LogP) is -0.133. The van der Waals surface area contributed by atoms with E-state index in [1.165, 1.54) is 4.90 Å². The quantitative estimate of drug-likeness (QED) is 0.747. The number of hydrogen-bond donors (Lipinski definition) is 1. The fraction of sp³-hybridized carbons (Fsp3) is 0.818. The molecule has 0 radical (unpaired) electrons. The van der Waals surface area contributed by atoms with E-state index in [1.54, 1.807) is 0 Å². The van der Waals surface area contributed by atoms with Gasteiger partial charge in [0, 0.05) is 13.2 Å². The number of nitrogens with zero attached hydrogens (tertiary/aromatic N) is 1. The lowest BCUT2D eigenvalue weighted by atomic mass is 10.1. The average Bonchev–Trinajstić information content (AvgIpc) is 2.81. The molecule has 6 heteroatoms. The summed E-state index contributed by atoms with van der Waals surface area (Å²) < 4.78 is 10.5. The van der Waals surface area contributed by atoms with Crippen LogP contribution in [0.1, 0.15) is 19.3 Å². The monoisotopic (exact) mass is 243 g/mol. The molecule has 1 amide bonds. The minimum Gasteiger partial charge on any atom is -0.480 e. The molecule has 6 nitrogen and oxygen atoms in total. The van der Waals surface area contributed by atoms with Crippen LogP contribution in [0.5, 0.6) is 0 Å². The molecule has 2 atom stereocenters. The Labute approximate surface area is 99.5 Å². The van der Waals surface area contributed by atoms with Gasteiger partial charge in [-0.05, 0) is 12.8 Å². The van der Waals surface area contributed by atoms with Crippen LogP contribution in [0.15, 0.2) is 0 Å². The molecule has 0 saturated carbocycles. The molecular weight excluding hydrogens is 226 g/mol. The van der Waals surface area contributed by atoms with Crippen molar-refractivity contribution in [3.8, 4) is 0 Å². The topological polar surface area (TPSA) is 76.1 Å². The summed E-state index contributed by atoms with van der Waals surface area (Å²) in [5.41, 5.74) is 0. The summed E-state index contributed by atoms with van der Waals surface area (Å²) >= 11 is 0. The number of ether oxygens (including phenoxy) is 2. The number of rotatable bonds is 3. The Hall–Kier alpha value is -1.14. The summed E-state index contributed by atoms with van der Waals surface area (Å²) in [6.45, 7) is 1.53. The van der Waals surface area contributed by atoms with E-state index in [0.29, 0.717) is 19.8 Å². The van der Waals surface area contributed by atoms with Gasteiger partial charge in [-0.15, -0.1) is 0 Å². The predicted molar refractivity (Wildman–Crippen MR) is 57.5 cm³/mol. The average molecular weight is 243 g/mol. The molecule has 0 aliphatic carbocycles. The van der Waals surface area contributed by atoms with E-state index < -0.39 is 12.0 Å². The lowest BCUT2D eigenvalue weighted by Gasteiger charge is -2.33. The van der Waals surface area contributed by atoms with Gasteiger partial charge < -0.3 is 19.5 Å². The Balaban J connectivity index is 1.93. The highest BCUT2D eigenvalue weighted by Crippen LogP contribution is 2.18. The zero-order valence-electron chi connectivity index (χ0n) is 9.63. The minimum atomic E-state index is -1.01. The molecule has 2 aliphatic rings. The Kier molecular flexibility index (Phi) is 3.96. The van der Waals surface area contributed by atoms with Crippen molar-refractivity contribution in [2.24, 2.45) is 0 Å². The molecule has 2 rings (SSSR count). The Bertz CT molecular complexity index is 300. The maximum Gasteiger partial charge on any atom is 0.328 e. The lowest BCUT2D eigenvalue weighted by Crippen LogP contribution is -2.53. The third-order valence-electron chi connectivity index (χ3n) is 3.16. The van der Waals surface area contributed by atoms with Gasteiger partial charge in [-0.25, -0.2) is 4.79 Å². The van der Waals surface area contributed by atoms with Crippen LogP contribution >= 0.6 is 0 Å². The number of carboxylic acid groups (broad SMARTS) is 1. The van der Waals surface area contributed by atoms with Gasteiger partial charge in [0.1, 0.15) is 0 Å². The number of carbonyl (C=O) groups is 2. The van der Waals surface area contributed by atoms with Gasteiger partial charge in [0.15, 0.2) is 6.04 Å². The molecule has 0 aromatic carbocycles. The first kappa shape index (κ1) is 12.3. The van der Waals surface area contributed by atoms with Crippen LogP contribution in [0.2, 0.25) is 0 Å².